The lowest BCUT2D eigenvalue weighted by atomic mass is 9.95. The third-order valence-corrected chi connectivity index (χ3v) is 6.37. The molecule has 0 aliphatic carbocycles. The Hall–Kier alpha value is -2.99. The second-order valence-electron chi connectivity index (χ2n) is 8.33. The number of carbonyl (C=O) groups is 2. The number of furan rings is 1. The first-order chi connectivity index (χ1) is 15.0. The van der Waals surface area contributed by atoms with Gasteiger partial charge in [-0.1, -0.05) is 41.9 Å². The molecule has 2 aliphatic rings. The van der Waals surface area contributed by atoms with Crippen LogP contribution in [0.2, 0.25) is 5.02 Å². The van der Waals surface area contributed by atoms with Gasteiger partial charge >= 0.3 is 6.09 Å². The van der Waals surface area contributed by atoms with Gasteiger partial charge in [-0.2, -0.15) is 0 Å². The normalized spacial score (nSPS) is 21.5. The monoisotopic (exact) mass is 438 g/mol. The molecular formula is C24H23ClN2O4. The second-order valence-corrected chi connectivity index (χ2v) is 8.77. The average Bonchev–Trinajstić information content (AvgIpc) is 3.24. The smallest absolute Gasteiger partial charge is 0.410 e. The van der Waals surface area contributed by atoms with E-state index in [0.29, 0.717) is 49.0 Å². The van der Waals surface area contributed by atoms with Gasteiger partial charge in [-0.15, -0.1) is 0 Å². The Labute approximate surface area is 185 Å². The summed E-state index contributed by atoms with van der Waals surface area (Å²) in [5.41, 5.74) is 1.18. The maximum atomic E-state index is 13.1. The Morgan fingerprint density at radius 2 is 1.90 bits per heavy atom. The van der Waals surface area contributed by atoms with Crippen molar-refractivity contribution in [3.05, 3.63) is 70.9 Å². The number of hydrogen-bond acceptors (Lipinski definition) is 4. The highest BCUT2D eigenvalue weighted by molar-refractivity contribution is 6.31. The summed E-state index contributed by atoms with van der Waals surface area (Å²) in [7, 11) is 0. The molecular weight excluding hydrogens is 416 g/mol. The lowest BCUT2D eigenvalue weighted by molar-refractivity contribution is 0.0436. The number of rotatable bonds is 3. The van der Waals surface area contributed by atoms with Crippen molar-refractivity contribution in [1.82, 2.24) is 9.80 Å². The van der Waals surface area contributed by atoms with Crippen molar-refractivity contribution in [1.29, 1.82) is 0 Å². The molecule has 3 heterocycles. The number of ether oxygens (including phenoxy) is 1. The van der Waals surface area contributed by atoms with Crippen LogP contribution in [-0.2, 0) is 11.3 Å². The van der Waals surface area contributed by atoms with Gasteiger partial charge in [0.1, 0.15) is 11.2 Å². The van der Waals surface area contributed by atoms with Crippen LogP contribution in [0.1, 0.15) is 35.4 Å². The van der Waals surface area contributed by atoms with Crippen molar-refractivity contribution in [2.24, 2.45) is 0 Å². The maximum absolute atomic E-state index is 13.1. The van der Waals surface area contributed by atoms with Crippen LogP contribution >= 0.6 is 11.6 Å². The number of amides is 2. The molecule has 1 atom stereocenters. The van der Waals surface area contributed by atoms with E-state index in [1.54, 1.807) is 34.1 Å². The predicted octanol–water partition coefficient (Wildman–Crippen LogP) is 5.10. The highest BCUT2D eigenvalue weighted by Crippen LogP contribution is 2.34. The Balaban J connectivity index is 1.27. The minimum absolute atomic E-state index is 0.144. The van der Waals surface area contributed by atoms with Crippen molar-refractivity contribution in [3.63, 3.8) is 0 Å². The van der Waals surface area contributed by atoms with E-state index in [0.717, 1.165) is 23.8 Å². The number of benzene rings is 2. The summed E-state index contributed by atoms with van der Waals surface area (Å²) in [6.07, 6.45) is 1.84. The van der Waals surface area contributed by atoms with Gasteiger partial charge < -0.3 is 14.1 Å². The van der Waals surface area contributed by atoms with Crippen LogP contribution in [0.5, 0.6) is 0 Å². The minimum Gasteiger partial charge on any atom is -0.451 e. The molecule has 0 radical (unpaired) electrons. The molecule has 31 heavy (non-hydrogen) atoms. The average molecular weight is 439 g/mol. The number of hydrogen-bond donors (Lipinski definition) is 0. The molecule has 2 aromatic carbocycles. The van der Waals surface area contributed by atoms with E-state index in [2.05, 4.69) is 0 Å². The molecule has 2 amide bonds. The predicted molar refractivity (Wildman–Crippen MR) is 117 cm³/mol. The van der Waals surface area contributed by atoms with Crippen molar-refractivity contribution in [3.8, 4) is 0 Å². The van der Waals surface area contributed by atoms with E-state index in [-0.39, 0.29) is 12.0 Å². The van der Waals surface area contributed by atoms with Gasteiger partial charge in [0.15, 0.2) is 5.76 Å². The molecule has 0 N–H and O–H groups in total. The van der Waals surface area contributed by atoms with Gasteiger partial charge in [0.25, 0.3) is 5.91 Å². The van der Waals surface area contributed by atoms with Gasteiger partial charge in [-0.3, -0.25) is 9.69 Å². The molecule has 5 rings (SSSR count). The fraction of sp³-hybridized carbons (Fsp3) is 0.333. The Bertz CT molecular complexity index is 1130. The molecule has 3 aromatic rings. The molecule has 1 aromatic heterocycles. The molecule has 1 spiro atoms. The number of likely N-dealkylation sites (tertiary alicyclic amines) is 1. The Kier molecular flexibility index (Phi) is 5.10. The van der Waals surface area contributed by atoms with Crippen LogP contribution in [0.15, 0.2) is 59.0 Å². The minimum atomic E-state index is -0.539. The number of nitrogens with zero attached hydrogens (tertiary/aromatic N) is 2. The maximum Gasteiger partial charge on any atom is 0.410 e. The largest absolute Gasteiger partial charge is 0.451 e. The van der Waals surface area contributed by atoms with Gasteiger partial charge in [0.2, 0.25) is 0 Å². The zero-order chi connectivity index (χ0) is 21.4. The molecule has 0 saturated carbocycles. The highest BCUT2D eigenvalue weighted by Gasteiger charge is 2.46. The van der Waals surface area contributed by atoms with Crippen molar-refractivity contribution < 1.29 is 18.7 Å². The quantitative estimate of drug-likeness (QED) is 0.570. The molecule has 2 saturated heterocycles. The zero-order valence-corrected chi connectivity index (χ0v) is 17.8. The molecule has 7 heteroatoms. The fourth-order valence-corrected chi connectivity index (χ4v) is 4.71. The van der Waals surface area contributed by atoms with Crippen molar-refractivity contribution in [2.45, 2.75) is 31.4 Å². The third-order valence-electron chi connectivity index (χ3n) is 6.13. The van der Waals surface area contributed by atoms with Crippen molar-refractivity contribution >= 4 is 34.6 Å². The molecule has 2 fully saturated rings. The lowest BCUT2D eigenvalue weighted by Gasteiger charge is -2.25. The summed E-state index contributed by atoms with van der Waals surface area (Å²) in [4.78, 5) is 29.1. The summed E-state index contributed by atoms with van der Waals surface area (Å²) in [6, 6.07) is 16.9. The molecule has 1 unspecified atom stereocenters. The van der Waals surface area contributed by atoms with E-state index in [1.807, 2.05) is 30.3 Å². The molecule has 2 aliphatic heterocycles. The molecule has 6 nitrogen and oxygen atoms in total. The first-order valence-corrected chi connectivity index (χ1v) is 10.9. The number of halogens is 1. The summed E-state index contributed by atoms with van der Waals surface area (Å²) in [5.74, 6) is 0.164. The van der Waals surface area contributed by atoms with Crippen LogP contribution in [0, 0.1) is 0 Å². The number of carbonyl (C=O) groups excluding carboxylic acids is 2. The van der Waals surface area contributed by atoms with Crippen LogP contribution in [-0.4, -0.2) is 47.0 Å². The van der Waals surface area contributed by atoms with Gasteiger partial charge in [0.05, 0.1) is 6.54 Å². The van der Waals surface area contributed by atoms with E-state index < -0.39 is 5.60 Å². The van der Waals surface area contributed by atoms with E-state index >= 15 is 0 Å². The van der Waals surface area contributed by atoms with E-state index in [9.17, 15) is 9.59 Å². The van der Waals surface area contributed by atoms with Gasteiger partial charge in [-0.05, 0) is 42.7 Å². The van der Waals surface area contributed by atoms with Crippen molar-refractivity contribution in [2.75, 3.05) is 19.6 Å². The van der Waals surface area contributed by atoms with Crippen LogP contribution in [0.25, 0.3) is 11.0 Å². The Morgan fingerprint density at radius 3 is 2.74 bits per heavy atom. The topological polar surface area (TPSA) is 63.0 Å². The highest BCUT2D eigenvalue weighted by atomic mass is 35.5. The van der Waals surface area contributed by atoms with Crippen LogP contribution in [0.4, 0.5) is 4.79 Å². The van der Waals surface area contributed by atoms with Crippen LogP contribution < -0.4 is 0 Å². The number of fused-ring (bicyclic) bond motifs is 1. The SMILES string of the molecule is O=C1OC2(CCCN(C(=O)c3cc4cc(Cl)ccc4o3)CC2)CN1Cc1ccccc1. The summed E-state index contributed by atoms with van der Waals surface area (Å²) in [5, 5.41) is 1.41. The first-order valence-electron chi connectivity index (χ1n) is 10.5. The summed E-state index contributed by atoms with van der Waals surface area (Å²) in [6.45, 7) is 2.20. The first kappa shape index (κ1) is 19.9. The van der Waals surface area contributed by atoms with Gasteiger partial charge in [-0.25, -0.2) is 4.79 Å². The summed E-state index contributed by atoms with van der Waals surface area (Å²) >= 11 is 6.04. The standard InChI is InChI=1S/C24H23ClN2O4/c25-19-7-8-20-18(13-19)14-21(30-20)22(28)26-11-4-9-24(10-12-26)16-27(23(29)31-24)15-17-5-2-1-3-6-17/h1-3,5-8,13-14H,4,9-12,15-16H2. The third kappa shape index (κ3) is 4.00. The van der Waals surface area contributed by atoms with E-state index in [4.69, 9.17) is 20.8 Å². The van der Waals surface area contributed by atoms with Gasteiger partial charge in [0, 0.05) is 36.5 Å². The molecule has 160 valence electrons. The molecule has 0 bridgehead atoms. The summed E-state index contributed by atoms with van der Waals surface area (Å²) < 4.78 is 11.6. The fourth-order valence-electron chi connectivity index (χ4n) is 4.53. The van der Waals surface area contributed by atoms with Crippen LogP contribution in [0.3, 0.4) is 0 Å². The lowest BCUT2D eigenvalue weighted by Crippen LogP contribution is -2.37. The van der Waals surface area contributed by atoms with E-state index in [1.165, 1.54) is 0 Å². The second kappa shape index (κ2) is 7.93. The zero-order valence-electron chi connectivity index (χ0n) is 17.1. The Morgan fingerprint density at radius 1 is 1.06 bits per heavy atom.